The van der Waals surface area contributed by atoms with E-state index in [-0.39, 0.29) is 11.3 Å². The molecular formula is C19H15N7O3. The van der Waals surface area contributed by atoms with Gasteiger partial charge >= 0.3 is 0 Å². The van der Waals surface area contributed by atoms with Gasteiger partial charge in [-0.2, -0.15) is 5.10 Å². The molecule has 4 aromatic rings. The molecule has 2 aromatic carbocycles. The first-order chi connectivity index (χ1) is 14.0. The van der Waals surface area contributed by atoms with Gasteiger partial charge in [0.15, 0.2) is 5.82 Å². The maximum atomic E-state index is 12.6. The number of benzene rings is 2. The van der Waals surface area contributed by atoms with E-state index in [4.69, 9.17) is 0 Å². The average Bonchev–Trinajstić information content (AvgIpc) is 3.39. The Kier molecular flexibility index (Phi) is 4.57. The molecule has 29 heavy (non-hydrogen) atoms. The number of hydrogen-bond donors (Lipinski definition) is 2. The van der Waals surface area contributed by atoms with Crippen LogP contribution < -0.4 is 5.32 Å². The van der Waals surface area contributed by atoms with Gasteiger partial charge in [0.05, 0.1) is 11.3 Å². The van der Waals surface area contributed by atoms with E-state index in [2.05, 4.69) is 25.5 Å². The van der Waals surface area contributed by atoms with Gasteiger partial charge in [-0.05, 0) is 31.2 Å². The minimum atomic E-state index is -0.529. The number of hydrogen-bond acceptors (Lipinski definition) is 6. The molecule has 0 atom stereocenters. The Morgan fingerprint density at radius 2 is 2.10 bits per heavy atom. The van der Waals surface area contributed by atoms with E-state index in [1.54, 1.807) is 31.3 Å². The lowest BCUT2D eigenvalue weighted by molar-refractivity contribution is -0.384. The van der Waals surface area contributed by atoms with Gasteiger partial charge in [0.25, 0.3) is 11.6 Å². The number of aromatic nitrogens is 5. The molecule has 144 valence electrons. The Labute approximate surface area is 164 Å². The van der Waals surface area contributed by atoms with Crippen molar-refractivity contribution in [3.8, 4) is 17.1 Å². The second-order valence-electron chi connectivity index (χ2n) is 6.21. The van der Waals surface area contributed by atoms with Crippen LogP contribution in [-0.2, 0) is 0 Å². The van der Waals surface area contributed by atoms with E-state index in [1.807, 2.05) is 6.07 Å². The zero-order valence-corrected chi connectivity index (χ0v) is 15.2. The van der Waals surface area contributed by atoms with Crippen LogP contribution >= 0.6 is 0 Å². The summed E-state index contributed by atoms with van der Waals surface area (Å²) >= 11 is 0. The number of anilines is 1. The highest BCUT2D eigenvalue weighted by Gasteiger charge is 2.19. The lowest BCUT2D eigenvalue weighted by Gasteiger charge is -2.08. The maximum absolute atomic E-state index is 12.6. The van der Waals surface area contributed by atoms with E-state index in [1.165, 1.54) is 35.3 Å². The van der Waals surface area contributed by atoms with Gasteiger partial charge in [-0.1, -0.05) is 12.1 Å². The van der Waals surface area contributed by atoms with E-state index in [9.17, 15) is 14.9 Å². The summed E-state index contributed by atoms with van der Waals surface area (Å²) in [6.45, 7) is 1.79. The van der Waals surface area contributed by atoms with Crippen molar-refractivity contribution >= 4 is 17.3 Å². The summed E-state index contributed by atoms with van der Waals surface area (Å²) < 4.78 is 1.52. The van der Waals surface area contributed by atoms with Crippen LogP contribution in [0, 0.1) is 17.0 Å². The first-order valence-electron chi connectivity index (χ1n) is 8.59. The van der Waals surface area contributed by atoms with E-state index >= 15 is 0 Å². The molecule has 10 nitrogen and oxygen atoms in total. The molecule has 1 amide bonds. The van der Waals surface area contributed by atoms with Crippen LogP contribution in [-0.4, -0.2) is 35.6 Å². The van der Waals surface area contributed by atoms with E-state index in [0.29, 0.717) is 23.0 Å². The third kappa shape index (κ3) is 3.72. The lowest BCUT2D eigenvalue weighted by atomic mass is 10.1. The number of H-pyrrole nitrogens is 1. The summed E-state index contributed by atoms with van der Waals surface area (Å²) in [5.41, 5.74) is 1.55. The minimum Gasteiger partial charge on any atom is -0.322 e. The monoisotopic (exact) mass is 389 g/mol. The highest BCUT2D eigenvalue weighted by atomic mass is 16.6. The number of aromatic amines is 1. The summed E-state index contributed by atoms with van der Waals surface area (Å²) in [5, 5.41) is 21.1. The molecule has 0 saturated carbocycles. The Hall–Kier alpha value is -4.34. The standard InChI is InChI=1S/C19H15N7O3/c1-12-21-18(24-23-12)13-3-2-4-15(9-13)22-19(27)14-5-6-16(17(10-14)26(28)29)25-8-7-20-11-25/h2-11H,1H3,(H,22,27)(H,21,23,24). The van der Waals surface area contributed by atoms with Crippen LogP contribution in [0.2, 0.25) is 0 Å². The maximum Gasteiger partial charge on any atom is 0.294 e. The average molecular weight is 389 g/mol. The Bertz CT molecular complexity index is 1200. The fourth-order valence-electron chi connectivity index (χ4n) is 2.84. The number of carbonyl (C=O) groups is 1. The molecule has 0 bridgehead atoms. The van der Waals surface area contributed by atoms with E-state index < -0.39 is 10.8 Å². The fraction of sp³-hybridized carbons (Fsp3) is 0.0526. The van der Waals surface area contributed by atoms with E-state index in [0.717, 1.165) is 5.56 Å². The highest BCUT2D eigenvalue weighted by molar-refractivity contribution is 6.05. The van der Waals surface area contributed by atoms with Crippen LogP contribution in [0.15, 0.2) is 61.2 Å². The Morgan fingerprint density at radius 1 is 1.24 bits per heavy atom. The smallest absolute Gasteiger partial charge is 0.294 e. The van der Waals surface area contributed by atoms with Crippen molar-refractivity contribution in [1.82, 2.24) is 24.7 Å². The number of nitrogens with zero attached hydrogens (tertiary/aromatic N) is 5. The number of carbonyl (C=O) groups excluding carboxylic acids is 1. The van der Waals surface area contributed by atoms with Gasteiger partial charge < -0.3 is 9.88 Å². The molecular weight excluding hydrogens is 374 g/mol. The third-order valence-corrected chi connectivity index (χ3v) is 4.19. The van der Waals surface area contributed by atoms with Crippen molar-refractivity contribution in [2.75, 3.05) is 5.32 Å². The molecule has 0 radical (unpaired) electrons. The van der Waals surface area contributed by atoms with Crippen molar-refractivity contribution in [3.63, 3.8) is 0 Å². The first kappa shape index (κ1) is 18.0. The molecule has 0 fully saturated rings. The number of nitrogens with one attached hydrogen (secondary N) is 2. The molecule has 0 aliphatic heterocycles. The number of nitro groups is 1. The molecule has 0 unspecified atom stereocenters. The molecule has 2 N–H and O–H groups in total. The predicted octanol–water partition coefficient (Wildman–Crippen LogP) is 3.13. The summed E-state index contributed by atoms with van der Waals surface area (Å²) in [7, 11) is 0. The molecule has 10 heteroatoms. The van der Waals surface area contributed by atoms with Gasteiger partial charge in [0.1, 0.15) is 11.5 Å². The largest absolute Gasteiger partial charge is 0.322 e. The van der Waals surface area contributed by atoms with Crippen molar-refractivity contribution in [2.45, 2.75) is 6.92 Å². The van der Waals surface area contributed by atoms with Crippen molar-refractivity contribution in [1.29, 1.82) is 0 Å². The molecule has 0 aliphatic rings. The topological polar surface area (TPSA) is 132 Å². The lowest BCUT2D eigenvalue weighted by Crippen LogP contribution is -2.13. The van der Waals surface area contributed by atoms with Crippen LogP contribution in [0.3, 0.4) is 0 Å². The summed E-state index contributed by atoms with van der Waals surface area (Å²) in [6, 6.07) is 11.3. The number of rotatable bonds is 5. The van der Waals surface area contributed by atoms with Crippen LogP contribution in [0.4, 0.5) is 11.4 Å². The zero-order valence-electron chi connectivity index (χ0n) is 15.2. The molecule has 0 aliphatic carbocycles. The molecule has 2 heterocycles. The molecule has 2 aromatic heterocycles. The van der Waals surface area contributed by atoms with Gasteiger partial charge in [0.2, 0.25) is 0 Å². The quantitative estimate of drug-likeness (QED) is 0.398. The Morgan fingerprint density at radius 3 is 2.79 bits per heavy atom. The Balaban J connectivity index is 1.60. The van der Waals surface area contributed by atoms with Crippen molar-refractivity contribution < 1.29 is 9.72 Å². The van der Waals surface area contributed by atoms with Crippen LogP contribution in [0.25, 0.3) is 17.1 Å². The first-order valence-corrected chi connectivity index (χ1v) is 8.59. The highest BCUT2D eigenvalue weighted by Crippen LogP contribution is 2.25. The van der Waals surface area contributed by atoms with Crippen molar-refractivity contribution in [2.24, 2.45) is 0 Å². The summed E-state index contributed by atoms with van der Waals surface area (Å²) in [4.78, 5) is 31.8. The molecule has 0 spiro atoms. The SMILES string of the molecule is Cc1nc(-c2cccc(NC(=O)c3ccc(-n4ccnc4)c([N+](=O)[O-])c3)c2)n[nH]1. The predicted molar refractivity (Wildman–Crippen MR) is 105 cm³/mol. The fourth-order valence-corrected chi connectivity index (χ4v) is 2.84. The second kappa shape index (κ2) is 7.35. The zero-order chi connectivity index (χ0) is 20.4. The van der Waals surface area contributed by atoms with Gasteiger partial charge in [-0.15, -0.1) is 0 Å². The van der Waals surface area contributed by atoms with Gasteiger partial charge in [-0.25, -0.2) is 9.97 Å². The summed E-state index contributed by atoms with van der Waals surface area (Å²) in [5.74, 6) is 0.729. The summed E-state index contributed by atoms with van der Waals surface area (Å²) in [6.07, 6.45) is 4.57. The van der Waals surface area contributed by atoms with Gasteiger partial charge in [0, 0.05) is 35.3 Å². The number of aryl methyl sites for hydroxylation is 1. The number of nitro benzene ring substituents is 1. The molecule has 0 saturated heterocycles. The number of amides is 1. The van der Waals surface area contributed by atoms with Crippen LogP contribution in [0.5, 0.6) is 0 Å². The normalized spacial score (nSPS) is 10.7. The van der Waals surface area contributed by atoms with Crippen molar-refractivity contribution in [3.05, 3.63) is 82.7 Å². The third-order valence-electron chi connectivity index (χ3n) is 4.19. The van der Waals surface area contributed by atoms with Crippen LogP contribution in [0.1, 0.15) is 16.2 Å². The minimum absolute atomic E-state index is 0.166. The molecule has 4 rings (SSSR count). The van der Waals surface area contributed by atoms with Gasteiger partial charge in [-0.3, -0.25) is 20.0 Å². The number of imidazole rings is 1. The second-order valence-corrected chi connectivity index (χ2v) is 6.21.